The molecule has 3 rings (SSSR count). The number of ether oxygens (including phenoxy) is 1. The molecule has 0 saturated carbocycles. The maximum absolute atomic E-state index is 13.2. The van der Waals surface area contributed by atoms with E-state index in [1.807, 2.05) is 0 Å². The van der Waals surface area contributed by atoms with Gasteiger partial charge in [0.1, 0.15) is 11.6 Å². The van der Waals surface area contributed by atoms with Crippen molar-refractivity contribution in [3.8, 4) is 11.8 Å². The number of amides is 1. The Morgan fingerprint density at radius 3 is 2.92 bits per heavy atom. The Morgan fingerprint density at radius 1 is 1.28 bits per heavy atom. The first-order chi connectivity index (χ1) is 12.2. The van der Waals surface area contributed by atoms with E-state index in [1.54, 1.807) is 41.3 Å². The maximum Gasteiger partial charge on any atom is 0.255 e. The van der Waals surface area contributed by atoms with Crippen LogP contribution in [0.15, 0.2) is 48.5 Å². The van der Waals surface area contributed by atoms with Gasteiger partial charge in [-0.1, -0.05) is 18.2 Å². The fraction of sp³-hybridized carbons (Fsp3) is 0.300. The van der Waals surface area contributed by atoms with E-state index in [9.17, 15) is 14.4 Å². The lowest BCUT2D eigenvalue weighted by Crippen LogP contribution is -2.41. The minimum Gasteiger partial charge on any atom is -0.493 e. The van der Waals surface area contributed by atoms with Gasteiger partial charge in [-0.3, -0.25) is 4.79 Å². The lowest BCUT2D eigenvalue weighted by atomic mass is 9.97. The first-order valence-electron chi connectivity index (χ1n) is 8.34. The van der Waals surface area contributed by atoms with E-state index in [1.165, 1.54) is 12.1 Å². The number of benzene rings is 2. The molecular weight excluding hydrogens is 319 g/mol. The Bertz CT molecular complexity index is 800. The number of hydrogen-bond donors (Lipinski definition) is 0. The van der Waals surface area contributed by atoms with Crippen molar-refractivity contribution in [2.24, 2.45) is 5.92 Å². The van der Waals surface area contributed by atoms with Gasteiger partial charge in [0, 0.05) is 25.1 Å². The molecule has 0 aliphatic carbocycles. The summed E-state index contributed by atoms with van der Waals surface area (Å²) in [6.07, 6.45) is 1.84. The highest BCUT2D eigenvalue weighted by Gasteiger charge is 2.26. The molecule has 4 nitrogen and oxygen atoms in total. The summed E-state index contributed by atoms with van der Waals surface area (Å²) in [4.78, 5) is 14.5. The van der Waals surface area contributed by atoms with E-state index in [2.05, 4.69) is 6.07 Å². The van der Waals surface area contributed by atoms with Gasteiger partial charge in [0.25, 0.3) is 5.91 Å². The Kier molecular flexibility index (Phi) is 5.30. The SMILES string of the molecule is N#Cc1ccccc1C(=O)N1CCCC(COc2cccc(F)c2)C1. The normalized spacial score (nSPS) is 17.0. The monoisotopic (exact) mass is 338 g/mol. The summed E-state index contributed by atoms with van der Waals surface area (Å²) in [5, 5.41) is 9.18. The number of carbonyl (C=O) groups excluding carboxylic acids is 1. The molecule has 0 aromatic heterocycles. The number of nitriles is 1. The number of halogens is 1. The Morgan fingerprint density at radius 2 is 2.12 bits per heavy atom. The van der Waals surface area contributed by atoms with Crippen molar-refractivity contribution in [2.75, 3.05) is 19.7 Å². The average molecular weight is 338 g/mol. The van der Waals surface area contributed by atoms with Gasteiger partial charge in [0.2, 0.25) is 0 Å². The molecule has 2 aromatic carbocycles. The first kappa shape index (κ1) is 17.0. The van der Waals surface area contributed by atoms with Crippen LogP contribution in [0, 0.1) is 23.1 Å². The Balaban J connectivity index is 1.63. The van der Waals surface area contributed by atoms with E-state index in [0.717, 1.165) is 12.8 Å². The summed E-state index contributed by atoms with van der Waals surface area (Å²) < 4.78 is 18.9. The molecule has 1 amide bonds. The first-order valence-corrected chi connectivity index (χ1v) is 8.34. The topological polar surface area (TPSA) is 53.3 Å². The quantitative estimate of drug-likeness (QED) is 0.855. The van der Waals surface area contributed by atoms with Crippen LogP contribution in [0.25, 0.3) is 0 Å². The number of piperidine rings is 1. The highest BCUT2D eigenvalue weighted by molar-refractivity contribution is 5.96. The fourth-order valence-corrected chi connectivity index (χ4v) is 3.09. The molecule has 2 aromatic rings. The van der Waals surface area contributed by atoms with Crippen LogP contribution in [0.5, 0.6) is 5.75 Å². The molecule has 1 aliphatic rings. The summed E-state index contributed by atoms with van der Waals surface area (Å²) in [6, 6.07) is 15.0. The van der Waals surface area contributed by atoms with Crippen molar-refractivity contribution in [1.82, 2.24) is 4.90 Å². The second kappa shape index (κ2) is 7.80. The summed E-state index contributed by atoms with van der Waals surface area (Å²) in [5.41, 5.74) is 0.835. The standard InChI is InChI=1S/C20H19FN2O2/c21-17-7-3-8-18(11-17)25-14-15-5-4-10-23(13-15)20(24)19-9-2-1-6-16(19)12-22/h1-3,6-9,11,15H,4-5,10,13-14H2. The lowest BCUT2D eigenvalue weighted by Gasteiger charge is -2.33. The van der Waals surface area contributed by atoms with Gasteiger partial charge in [0.05, 0.1) is 23.8 Å². The Labute approximate surface area is 146 Å². The number of hydrogen-bond acceptors (Lipinski definition) is 3. The molecule has 5 heteroatoms. The molecule has 25 heavy (non-hydrogen) atoms. The molecule has 128 valence electrons. The third-order valence-corrected chi connectivity index (χ3v) is 4.37. The molecule has 1 heterocycles. The lowest BCUT2D eigenvalue weighted by molar-refractivity contribution is 0.0633. The van der Waals surface area contributed by atoms with Crippen LogP contribution in [-0.4, -0.2) is 30.5 Å². The molecule has 1 saturated heterocycles. The van der Waals surface area contributed by atoms with E-state index >= 15 is 0 Å². The zero-order valence-corrected chi connectivity index (χ0v) is 13.8. The van der Waals surface area contributed by atoms with Crippen LogP contribution in [0.2, 0.25) is 0 Å². The van der Waals surface area contributed by atoms with Crippen molar-refractivity contribution in [3.05, 3.63) is 65.5 Å². The number of rotatable bonds is 4. The molecule has 1 unspecified atom stereocenters. The van der Waals surface area contributed by atoms with Crippen LogP contribution < -0.4 is 4.74 Å². The minimum atomic E-state index is -0.328. The third-order valence-electron chi connectivity index (χ3n) is 4.37. The minimum absolute atomic E-state index is 0.118. The van der Waals surface area contributed by atoms with E-state index in [-0.39, 0.29) is 17.6 Å². The van der Waals surface area contributed by atoms with Gasteiger partial charge in [-0.25, -0.2) is 4.39 Å². The third kappa shape index (κ3) is 4.16. The van der Waals surface area contributed by atoms with Crippen LogP contribution in [0.3, 0.4) is 0 Å². The number of likely N-dealkylation sites (tertiary alicyclic amines) is 1. The van der Waals surface area contributed by atoms with Gasteiger partial charge in [0.15, 0.2) is 0 Å². The maximum atomic E-state index is 13.2. The zero-order chi connectivity index (χ0) is 17.6. The highest BCUT2D eigenvalue weighted by Crippen LogP contribution is 2.21. The predicted molar refractivity (Wildman–Crippen MR) is 91.7 cm³/mol. The number of carbonyl (C=O) groups is 1. The molecule has 1 atom stereocenters. The van der Waals surface area contributed by atoms with Gasteiger partial charge < -0.3 is 9.64 Å². The van der Waals surface area contributed by atoms with Crippen molar-refractivity contribution in [1.29, 1.82) is 5.26 Å². The van der Waals surface area contributed by atoms with Crippen LogP contribution in [-0.2, 0) is 0 Å². The average Bonchev–Trinajstić information content (AvgIpc) is 2.66. The highest BCUT2D eigenvalue weighted by atomic mass is 19.1. The van der Waals surface area contributed by atoms with Crippen molar-refractivity contribution in [3.63, 3.8) is 0 Å². The molecule has 0 bridgehead atoms. The second-order valence-corrected chi connectivity index (χ2v) is 6.19. The van der Waals surface area contributed by atoms with E-state index in [0.29, 0.717) is 36.6 Å². The predicted octanol–water partition coefficient (Wildman–Crippen LogP) is 3.63. The van der Waals surface area contributed by atoms with E-state index in [4.69, 9.17) is 4.74 Å². The van der Waals surface area contributed by atoms with Gasteiger partial charge in [-0.2, -0.15) is 5.26 Å². The van der Waals surface area contributed by atoms with Gasteiger partial charge >= 0.3 is 0 Å². The molecular formula is C20H19FN2O2. The second-order valence-electron chi connectivity index (χ2n) is 6.19. The largest absolute Gasteiger partial charge is 0.493 e. The molecule has 0 N–H and O–H groups in total. The number of nitrogens with zero attached hydrogens (tertiary/aromatic N) is 2. The van der Waals surface area contributed by atoms with Crippen molar-refractivity contribution in [2.45, 2.75) is 12.8 Å². The molecule has 1 fully saturated rings. The fourth-order valence-electron chi connectivity index (χ4n) is 3.09. The molecule has 0 radical (unpaired) electrons. The molecule has 1 aliphatic heterocycles. The molecule has 0 spiro atoms. The van der Waals surface area contributed by atoms with Crippen LogP contribution in [0.1, 0.15) is 28.8 Å². The van der Waals surface area contributed by atoms with Crippen molar-refractivity contribution < 1.29 is 13.9 Å². The van der Waals surface area contributed by atoms with Gasteiger partial charge in [-0.15, -0.1) is 0 Å². The summed E-state index contributed by atoms with van der Waals surface area (Å²) in [7, 11) is 0. The summed E-state index contributed by atoms with van der Waals surface area (Å²) in [6.45, 7) is 1.69. The van der Waals surface area contributed by atoms with Crippen LogP contribution >= 0.6 is 0 Å². The van der Waals surface area contributed by atoms with E-state index < -0.39 is 0 Å². The summed E-state index contributed by atoms with van der Waals surface area (Å²) in [5.74, 6) is 0.243. The smallest absolute Gasteiger partial charge is 0.255 e. The van der Waals surface area contributed by atoms with Gasteiger partial charge in [-0.05, 0) is 37.1 Å². The van der Waals surface area contributed by atoms with Crippen LogP contribution in [0.4, 0.5) is 4.39 Å². The Hall–Kier alpha value is -2.87. The van der Waals surface area contributed by atoms with Crippen molar-refractivity contribution >= 4 is 5.91 Å². The summed E-state index contributed by atoms with van der Waals surface area (Å²) >= 11 is 0. The zero-order valence-electron chi connectivity index (χ0n) is 13.8.